The van der Waals surface area contributed by atoms with Crippen LogP contribution in [0.15, 0.2) is 12.2 Å². The van der Waals surface area contributed by atoms with Crippen LogP contribution >= 0.6 is 0 Å². The number of hydrogen-bond acceptors (Lipinski definition) is 3. The van der Waals surface area contributed by atoms with Crippen LogP contribution in [0.25, 0.3) is 0 Å². The lowest BCUT2D eigenvalue weighted by molar-refractivity contribution is -0.145. The highest BCUT2D eigenvalue weighted by Gasteiger charge is 2.43. The molecule has 2 aliphatic rings. The van der Waals surface area contributed by atoms with Crippen molar-refractivity contribution in [3.63, 3.8) is 0 Å². The van der Waals surface area contributed by atoms with Gasteiger partial charge in [0.25, 0.3) is 11.8 Å². The van der Waals surface area contributed by atoms with E-state index in [0.29, 0.717) is 6.54 Å². The van der Waals surface area contributed by atoms with Crippen LogP contribution in [0.5, 0.6) is 0 Å². The van der Waals surface area contributed by atoms with Gasteiger partial charge >= 0.3 is 0 Å². The number of nitrogens with zero attached hydrogens (tertiary/aromatic N) is 1. The van der Waals surface area contributed by atoms with E-state index in [0.717, 1.165) is 25.7 Å². The molecule has 0 radical (unpaired) electrons. The van der Waals surface area contributed by atoms with Gasteiger partial charge in [0.05, 0.1) is 5.54 Å². The van der Waals surface area contributed by atoms with E-state index in [-0.39, 0.29) is 11.8 Å². The predicted molar refractivity (Wildman–Crippen MR) is 55.9 cm³/mol. The Morgan fingerprint density at radius 1 is 1.13 bits per heavy atom. The maximum atomic E-state index is 11.6. The van der Waals surface area contributed by atoms with Gasteiger partial charge in [-0.1, -0.05) is 19.3 Å². The van der Waals surface area contributed by atoms with Gasteiger partial charge in [-0.25, -0.2) is 0 Å². The molecule has 0 bridgehead atoms. The first kappa shape index (κ1) is 10.4. The molecular formula is C11H16N2O2. The van der Waals surface area contributed by atoms with E-state index >= 15 is 0 Å². The molecule has 1 fully saturated rings. The zero-order chi connectivity index (χ0) is 10.9. The molecule has 0 spiro atoms. The first-order chi connectivity index (χ1) is 7.19. The van der Waals surface area contributed by atoms with Crippen molar-refractivity contribution in [2.24, 2.45) is 5.73 Å². The number of carbonyl (C=O) groups excluding carboxylic acids is 2. The van der Waals surface area contributed by atoms with Gasteiger partial charge < -0.3 is 5.73 Å². The Kier molecular flexibility index (Phi) is 2.61. The van der Waals surface area contributed by atoms with Crippen LogP contribution in [-0.2, 0) is 9.59 Å². The van der Waals surface area contributed by atoms with Crippen LogP contribution in [0.4, 0.5) is 0 Å². The highest BCUT2D eigenvalue weighted by molar-refractivity contribution is 6.13. The minimum atomic E-state index is -0.407. The van der Waals surface area contributed by atoms with E-state index in [2.05, 4.69) is 0 Å². The summed E-state index contributed by atoms with van der Waals surface area (Å²) in [5, 5.41) is 0. The molecule has 0 atom stereocenters. The Morgan fingerprint density at radius 3 is 2.13 bits per heavy atom. The summed E-state index contributed by atoms with van der Waals surface area (Å²) in [4.78, 5) is 24.6. The molecule has 1 heterocycles. The molecule has 1 aliphatic heterocycles. The topological polar surface area (TPSA) is 63.4 Å². The van der Waals surface area contributed by atoms with Gasteiger partial charge in [0.15, 0.2) is 0 Å². The van der Waals surface area contributed by atoms with Gasteiger partial charge in [0, 0.05) is 18.7 Å². The summed E-state index contributed by atoms with van der Waals surface area (Å²) < 4.78 is 0. The van der Waals surface area contributed by atoms with E-state index in [1.165, 1.54) is 23.5 Å². The lowest BCUT2D eigenvalue weighted by atomic mass is 9.80. The summed E-state index contributed by atoms with van der Waals surface area (Å²) in [6.07, 6.45) is 7.65. The monoisotopic (exact) mass is 208 g/mol. The fourth-order valence-corrected chi connectivity index (χ4v) is 2.60. The fraction of sp³-hybridized carbons (Fsp3) is 0.636. The van der Waals surface area contributed by atoms with Crippen molar-refractivity contribution in [3.8, 4) is 0 Å². The summed E-state index contributed by atoms with van der Waals surface area (Å²) in [5.41, 5.74) is 5.36. The number of amides is 2. The van der Waals surface area contributed by atoms with Crippen LogP contribution in [0, 0.1) is 0 Å². The second-order valence-electron chi connectivity index (χ2n) is 4.33. The average Bonchev–Trinajstić information content (AvgIpc) is 2.60. The predicted octanol–water partition coefficient (Wildman–Crippen LogP) is 0.573. The third-order valence-corrected chi connectivity index (χ3v) is 3.45. The third-order valence-electron chi connectivity index (χ3n) is 3.45. The summed E-state index contributed by atoms with van der Waals surface area (Å²) in [5.74, 6) is -0.403. The van der Waals surface area contributed by atoms with E-state index in [1.54, 1.807) is 0 Å². The SMILES string of the molecule is NCC1(N2C(=O)C=CC2=O)CCCCC1. The van der Waals surface area contributed by atoms with Gasteiger partial charge in [-0.2, -0.15) is 0 Å². The Balaban J connectivity index is 2.25. The van der Waals surface area contributed by atoms with Gasteiger partial charge in [0.2, 0.25) is 0 Å². The molecule has 4 heteroatoms. The van der Waals surface area contributed by atoms with Crippen LogP contribution in [-0.4, -0.2) is 28.8 Å². The molecule has 1 saturated carbocycles. The summed E-state index contributed by atoms with van der Waals surface area (Å²) in [6.45, 7) is 0.381. The van der Waals surface area contributed by atoms with E-state index in [1.807, 2.05) is 0 Å². The highest BCUT2D eigenvalue weighted by atomic mass is 16.2. The van der Waals surface area contributed by atoms with Crippen molar-refractivity contribution in [3.05, 3.63) is 12.2 Å². The lowest BCUT2D eigenvalue weighted by Crippen LogP contribution is -2.57. The normalized spacial score (nSPS) is 25.0. The molecular weight excluding hydrogens is 192 g/mol. The average molecular weight is 208 g/mol. The van der Waals surface area contributed by atoms with Crippen LogP contribution in [0.2, 0.25) is 0 Å². The zero-order valence-electron chi connectivity index (χ0n) is 8.74. The molecule has 2 N–H and O–H groups in total. The maximum Gasteiger partial charge on any atom is 0.254 e. The third kappa shape index (κ3) is 1.59. The molecule has 0 unspecified atom stereocenters. The fourth-order valence-electron chi connectivity index (χ4n) is 2.60. The number of nitrogens with two attached hydrogens (primary N) is 1. The zero-order valence-corrected chi connectivity index (χ0v) is 8.74. The molecule has 0 aromatic heterocycles. The first-order valence-electron chi connectivity index (χ1n) is 5.46. The summed E-state index contributed by atoms with van der Waals surface area (Å²) in [6, 6.07) is 0. The standard InChI is InChI=1S/C11H16N2O2/c12-8-11(6-2-1-3-7-11)13-9(14)4-5-10(13)15/h4-5H,1-3,6-8,12H2. The van der Waals surface area contributed by atoms with Crippen molar-refractivity contribution in [2.45, 2.75) is 37.6 Å². The number of rotatable bonds is 2. The van der Waals surface area contributed by atoms with Crippen molar-refractivity contribution in [1.82, 2.24) is 4.90 Å². The van der Waals surface area contributed by atoms with E-state index in [9.17, 15) is 9.59 Å². The van der Waals surface area contributed by atoms with Crippen molar-refractivity contribution < 1.29 is 9.59 Å². The molecule has 0 aromatic carbocycles. The molecule has 2 rings (SSSR count). The molecule has 4 nitrogen and oxygen atoms in total. The molecule has 82 valence electrons. The molecule has 0 saturated heterocycles. The first-order valence-corrected chi connectivity index (χ1v) is 5.46. The molecule has 0 aromatic rings. The number of hydrogen-bond donors (Lipinski definition) is 1. The van der Waals surface area contributed by atoms with Crippen LogP contribution in [0.3, 0.4) is 0 Å². The van der Waals surface area contributed by atoms with Crippen LogP contribution < -0.4 is 5.73 Å². The molecule has 15 heavy (non-hydrogen) atoms. The summed E-state index contributed by atoms with van der Waals surface area (Å²) in [7, 11) is 0. The largest absolute Gasteiger partial charge is 0.328 e. The highest BCUT2D eigenvalue weighted by Crippen LogP contribution is 2.34. The van der Waals surface area contributed by atoms with Crippen molar-refractivity contribution >= 4 is 11.8 Å². The smallest absolute Gasteiger partial charge is 0.254 e. The van der Waals surface area contributed by atoms with E-state index < -0.39 is 5.54 Å². The van der Waals surface area contributed by atoms with Crippen molar-refractivity contribution in [2.75, 3.05) is 6.54 Å². The maximum absolute atomic E-state index is 11.6. The quantitative estimate of drug-likeness (QED) is 0.675. The lowest BCUT2D eigenvalue weighted by Gasteiger charge is -2.42. The number of imide groups is 1. The van der Waals surface area contributed by atoms with Crippen molar-refractivity contribution in [1.29, 1.82) is 0 Å². The van der Waals surface area contributed by atoms with E-state index in [4.69, 9.17) is 5.73 Å². The van der Waals surface area contributed by atoms with Crippen LogP contribution in [0.1, 0.15) is 32.1 Å². The number of carbonyl (C=O) groups is 2. The minimum Gasteiger partial charge on any atom is -0.328 e. The van der Waals surface area contributed by atoms with Gasteiger partial charge in [-0.3, -0.25) is 14.5 Å². The second kappa shape index (κ2) is 3.77. The Bertz CT molecular complexity index is 299. The van der Waals surface area contributed by atoms with Gasteiger partial charge in [-0.15, -0.1) is 0 Å². The second-order valence-corrected chi connectivity index (χ2v) is 4.33. The Morgan fingerprint density at radius 2 is 1.67 bits per heavy atom. The molecule has 2 amide bonds. The Hall–Kier alpha value is -1.16. The Labute approximate surface area is 89.1 Å². The van der Waals surface area contributed by atoms with Gasteiger partial charge in [-0.05, 0) is 12.8 Å². The molecule has 1 aliphatic carbocycles. The summed E-state index contributed by atoms with van der Waals surface area (Å²) >= 11 is 0. The van der Waals surface area contributed by atoms with Gasteiger partial charge in [0.1, 0.15) is 0 Å². The minimum absolute atomic E-state index is 0.202.